The Kier molecular flexibility index (Phi) is 2.19. The van der Waals surface area contributed by atoms with E-state index < -0.39 is 11.9 Å². The molecule has 0 spiro atoms. The first-order valence-electron chi connectivity index (χ1n) is 4.94. The highest BCUT2D eigenvalue weighted by Gasteiger charge is 2.13. The maximum atomic E-state index is 10.8. The van der Waals surface area contributed by atoms with Crippen molar-refractivity contribution in [2.75, 3.05) is 0 Å². The summed E-state index contributed by atoms with van der Waals surface area (Å²) < 4.78 is 11.4. The molecule has 0 aliphatic carbocycles. The van der Waals surface area contributed by atoms with Gasteiger partial charge in [-0.2, -0.15) is 0 Å². The second-order valence-electron chi connectivity index (χ2n) is 3.45. The minimum Gasteiger partial charge on any atom is -0.539 e. The van der Waals surface area contributed by atoms with Crippen molar-refractivity contribution in [3.8, 4) is 23.3 Å². The fourth-order valence-corrected chi connectivity index (χ4v) is 1.46. The highest BCUT2D eigenvalue weighted by Crippen LogP contribution is 2.06. The van der Waals surface area contributed by atoms with E-state index in [0.717, 1.165) is 0 Å². The summed E-state index contributed by atoms with van der Waals surface area (Å²) in [7, 11) is 0. The van der Waals surface area contributed by atoms with Gasteiger partial charge in [-0.25, -0.2) is 0 Å². The average molecular weight is 246 g/mol. The highest BCUT2D eigenvalue weighted by atomic mass is 16.6. The van der Waals surface area contributed by atoms with Crippen LogP contribution in [-0.4, -0.2) is 10.5 Å². The van der Waals surface area contributed by atoms with Gasteiger partial charge in [-0.05, 0) is 9.36 Å². The van der Waals surface area contributed by atoms with Crippen LogP contribution in [0.5, 0.6) is 11.9 Å². The van der Waals surface area contributed by atoms with Crippen molar-refractivity contribution in [3.63, 3.8) is 0 Å². The van der Waals surface area contributed by atoms with E-state index in [0.29, 0.717) is 11.4 Å². The van der Waals surface area contributed by atoms with Gasteiger partial charge in [-0.1, -0.05) is 0 Å². The van der Waals surface area contributed by atoms with Gasteiger partial charge in [0.25, 0.3) is 0 Å². The third kappa shape index (κ3) is 1.75. The predicted molar refractivity (Wildman–Crippen MR) is 48.5 cm³/mol. The Balaban J connectivity index is 1.94. The van der Waals surface area contributed by atoms with E-state index in [1.165, 1.54) is 21.8 Å². The Bertz CT molecular complexity index is 614. The van der Waals surface area contributed by atoms with Gasteiger partial charge in [-0.3, -0.25) is 0 Å². The van der Waals surface area contributed by atoms with E-state index in [4.69, 9.17) is 0 Å². The summed E-state index contributed by atoms with van der Waals surface area (Å²) in [5.41, 5.74) is 1.30. The molecule has 8 nitrogen and oxygen atoms in total. The van der Waals surface area contributed by atoms with Crippen LogP contribution in [0.1, 0.15) is 0 Å². The van der Waals surface area contributed by atoms with Crippen LogP contribution >= 0.6 is 0 Å². The third-order valence-corrected chi connectivity index (χ3v) is 2.27. The van der Waals surface area contributed by atoms with Gasteiger partial charge in [0, 0.05) is 24.3 Å². The molecule has 0 saturated heterocycles. The largest absolute Gasteiger partial charge is 0.539 e. The Morgan fingerprint density at radius 1 is 0.778 bits per heavy atom. The quantitative estimate of drug-likeness (QED) is 0.502. The summed E-state index contributed by atoms with van der Waals surface area (Å²) in [5, 5.41) is 28.7. The zero-order valence-corrected chi connectivity index (χ0v) is 8.89. The molecule has 2 heterocycles. The van der Waals surface area contributed by atoms with Crippen LogP contribution in [0.15, 0.2) is 45.7 Å². The molecule has 0 unspecified atom stereocenters. The Morgan fingerprint density at radius 3 is 1.44 bits per heavy atom. The van der Waals surface area contributed by atoms with Crippen molar-refractivity contribution in [1.82, 2.24) is 10.5 Å². The van der Waals surface area contributed by atoms with Crippen LogP contribution in [0, 0.1) is 0 Å². The van der Waals surface area contributed by atoms with Crippen molar-refractivity contribution >= 4 is 0 Å². The molecule has 1 aromatic carbocycles. The lowest BCUT2D eigenvalue weighted by Gasteiger charge is -1.89. The number of nitrogens with zero attached hydrogens (tertiary/aromatic N) is 4. The normalized spacial score (nSPS) is 10.7. The summed E-state index contributed by atoms with van der Waals surface area (Å²) in [4.78, 5) is 0. The molecule has 3 rings (SSSR count). The number of benzene rings is 1. The monoisotopic (exact) mass is 246 g/mol. The van der Waals surface area contributed by atoms with Crippen LogP contribution in [0.2, 0.25) is 0 Å². The lowest BCUT2D eigenvalue weighted by molar-refractivity contribution is -0.673. The molecule has 2 aromatic heterocycles. The van der Waals surface area contributed by atoms with Gasteiger partial charge in [0.15, 0.2) is 0 Å². The summed E-state index contributed by atoms with van der Waals surface area (Å²) in [6.45, 7) is 0. The average Bonchev–Trinajstić information content (AvgIpc) is 2.98. The van der Waals surface area contributed by atoms with Crippen LogP contribution in [0.4, 0.5) is 0 Å². The number of hydrogen-bond donors (Lipinski definition) is 0. The van der Waals surface area contributed by atoms with Crippen LogP contribution < -0.4 is 19.6 Å². The summed E-state index contributed by atoms with van der Waals surface area (Å²) in [6, 6.07) is 6.79. The first-order chi connectivity index (χ1) is 8.72. The fourth-order valence-electron chi connectivity index (χ4n) is 1.46. The zero-order chi connectivity index (χ0) is 12.5. The minimum absolute atomic E-state index is 0.527. The lowest BCUT2D eigenvalue weighted by Crippen LogP contribution is -2.33. The van der Waals surface area contributed by atoms with E-state index in [-0.39, 0.29) is 0 Å². The number of hydrogen-bond acceptors (Lipinski definition) is 6. The molecule has 0 bridgehead atoms. The van der Waals surface area contributed by atoms with Crippen molar-refractivity contribution < 1.29 is 28.6 Å². The maximum absolute atomic E-state index is 10.8. The second kappa shape index (κ2) is 3.84. The van der Waals surface area contributed by atoms with Gasteiger partial charge < -0.3 is 19.3 Å². The Hall–Kier alpha value is -2.90. The van der Waals surface area contributed by atoms with E-state index in [9.17, 15) is 10.2 Å². The summed E-state index contributed by atoms with van der Waals surface area (Å²) in [5.74, 6) is -1.05. The van der Waals surface area contributed by atoms with E-state index in [1.807, 2.05) is 0 Å². The smallest absolute Gasteiger partial charge is 0.239 e. The van der Waals surface area contributed by atoms with Crippen molar-refractivity contribution in [2.24, 2.45) is 0 Å². The van der Waals surface area contributed by atoms with Crippen LogP contribution in [0.3, 0.4) is 0 Å². The second-order valence-corrected chi connectivity index (χ2v) is 3.45. The molecule has 0 N–H and O–H groups in total. The van der Waals surface area contributed by atoms with Gasteiger partial charge in [-0.15, -0.1) is 0 Å². The Morgan fingerprint density at radius 2 is 1.17 bits per heavy atom. The summed E-state index contributed by atoms with van der Waals surface area (Å²) in [6.07, 6.45) is 2.43. The molecule has 0 fully saturated rings. The molecule has 0 radical (unpaired) electrons. The zero-order valence-electron chi connectivity index (χ0n) is 8.89. The third-order valence-electron chi connectivity index (χ3n) is 2.27. The van der Waals surface area contributed by atoms with E-state index in [2.05, 4.69) is 19.6 Å². The van der Waals surface area contributed by atoms with Gasteiger partial charge in [0.2, 0.25) is 23.8 Å². The van der Waals surface area contributed by atoms with Gasteiger partial charge in [0.1, 0.15) is 11.9 Å². The fraction of sp³-hybridized carbons (Fsp3) is 0. The first kappa shape index (κ1) is 10.3. The topological polar surface area (TPSA) is 106 Å². The highest BCUT2D eigenvalue weighted by molar-refractivity contribution is 5.31. The van der Waals surface area contributed by atoms with Crippen LogP contribution in [0.25, 0.3) is 11.4 Å². The molecular weight excluding hydrogens is 240 g/mol. The molecule has 0 amide bonds. The maximum Gasteiger partial charge on any atom is 0.239 e. The lowest BCUT2D eigenvalue weighted by atomic mass is 10.3. The predicted octanol–water partition coefficient (Wildman–Crippen LogP) is -1.64. The molecule has 90 valence electrons. The standard InChI is InChI=1S/C10H6N4O4/c15-9-5-13(11-17-9)7-1-2-8(4-3-7)14-6-10(16)18-12-14/h1-6H. The molecule has 3 aromatic rings. The first-order valence-corrected chi connectivity index (χ1v) is 4.94. The van der Waals surface area contributed by atoms with E-state index >= 15 is 0 Å². The molecule has 0 atom stereocenters. The molecule has 0 aliphatic rings. The molecule has 8 heteroatoms. The van der Waals surface area contributed by atoms with Gasteiger partial charge in [0.05, 0.1) is 10.5 Å². The number of aromatic nitrogens is 4. The van der Waals surface area contributed by atoms with Crippen molar-refractivity contribution in [2.45, 2.75) is 0 Å². The van der Waals surface area contributed by atoms with Gasteiger partial charge >= 0.3 is 0 Å². The molecule has 0 aliphatic heterocycles. The Labute approximate surface area is 99.9 Å². The van der Waals surface area contributed by atoms with Crippen LogP contribution in [-0.2, 0) is 0 Å². The van der Waals surface area contributed by atoms with Crippen molar-refractivity contribution in [1.29, 1.82) is 0 Å². The molecule has 18 heavy (non-hydrogen) atoms. The number of rotatable bonds is 2. The van der Waals surface area contributed by atoms with Crippen molar-refractivity contribution in [3.05, 3.63) is 36.7 Å². The van der Waals surface area contributed by atoms with E-state index in [1.54, 1.807) is 24.3 Å². The SMILES string of the molecule is [O-]c1c[n+](-c2ccc(-[n+]3cc([O-])on3)cc2)no1. The summed E-state index contributed by atoms with van der Waals surface area (Å²) >= 11 is 0. The molecular formula is C10H6N4O4. The molecule has 0 saturated carbocycles. The minimum atomic E-state index is -0.527.